The number of nitrogens with zero attached hydrogens (tertiary/aromatic N) is 3. The van der Waals surface area contributed by atoms with Crippen LogP contribution in [0, 0.1) is 0 Å². The summed E-state index contributed by atoms with van der Waals surface area (Å²) in [6.45, 7) is 6.79. The maximum atomic E-state index is 12.6. The average Bonchev–Trinajstić information content (AvgIpc) is 3.40. The minimum atomic E-state index is -0.350. The van der Waals surface area contributed by atoms with Gasteiger partial charge in [0.25, 0.3) is 0 Å². The molecule has 3 aromatic rings. The molecule has 200 valence electrons. The van der Waals surface area contributed by atoms with Crippen molar-refractivity contribution < 1.29 is 23.8 Å². The monoisotopic (exact) mass is 517 g/mol. The number of carbonyl (C=O) groups excluding carboxylic acids is 2. The molecule has 2 heterocycles. The molecule has 1 unspecified atom stereocenters. The largest absolute Gasteiger partial charge is 0.489 e. The van der Waals surface area contributed by atoms with Crippen molar-refractivity contribution >= 4 is 17.8 Å². The fourth-order valence-corrected chi connectivity index (χ4v) is 4.53. The number of carbonyl (C=O) groups is 2. The molecular formula is C30H35N3O5. The molecule has 1 fully saturated rings. The van der Waals surface area contributed by atoms with Crippen molar-refractivity contribution in [3.8, 4) is 5.75 Å². The molecule has 1 saturated heterocycles. The van der Waals surface area contributed by atoms with E-state index in [1.54, 1.807) is 30.5 Å². The summed E-state index contributed by atoms with van der Waals surface area (Å²) in [5, 5.41) is 0. The highest BCUT2D eigenvalue weighted by Crippen LogP contribution is 2.25. The first-order valence-electron chi connectivity index (χ1n) is 12.8. The van der Waals surface area contributed by atoms with Crippen LogP contribution in [0.1, 0.15) is 52.1 Å². The molecule has 38 heavy (non-hydrogen) atoms. The van der Waals surface area contributed by atoms with Crippen molar-refractivity contribution in [3.05, 3.63) is 89.1 Å². The molecule has 4 rings (SSSR count). The molecule has 1 aliphatic heterocycles. The summed E-state index contributed by atoms with van der Waals surface area (Å²) in [6.07, 6.45) is 2.52. The number of likely N-dealkylation sites (N-methyl/N-ethyl adjacent to an activating group) is 1. The standard InChI is InChI=1S/C30H35N3O5/c1-21(2)38-30(35)27-6-5-16-31-28(27)32(3)25-15-17-33(19-25)18-22-9-13-26(14-10-22)37-20-23-7-11-24(12-8-23)29(34)36-4/h5-14,16,21,25H,15,17-20H2,1-4H3. The maximum absolute atomic E-state index is 12.6. The normalized spacial score (nSPS) is 15.3. The molecule has 0 bridgehead atoms. The minimum absolute atomic E-state index is 0.181. The number of anilines is 1. The molecule has 1 aromatic heterocycles. The second-order valence-electron chi connectivity index (χ2n) is 9.74. The second kappa shape index (κ2) is 12.6. The Morgan fingerprint density at radius 2 is 1.74 bits per heavy atom. The van der Waals surface area contributed by atoms with E-state index < -0.39 is 0 Å². The lowest BCUT2D eigenvalue weighted by atomic mass is 10.1. The van der Waals surface area contributed by atoms with Gasteiger partial charge in [-0.1, -0.05) is 24.3 Å². The number of pyridine rings is 1. The van der Waals surface area contributed by atoms with Crippen LogP contribution in [-0.2, 0) is 22.6 Å². The Morgan fingerprint density at radius 1 is 1.03 bits per heavy atom. The zero-order chi connectivity index (χ0) is 27.1. The van der Waals surface area contributed by atoms with Crippen LogP contribution in [0.4, 0.5) is 5.82 Å². The van der Waals surface area contributed by atoms with Crippen molar-refractivity contribution in [2.45, 2.75) is 45.6 Å². The number of rotatable bonds is 10. The van der Waals surface area contributed by atoms with E-state index in [2.05, 4.69) is 26.9 Å². The molecule has 8 nitrogen and oxygen atoms in total. The van der Waals surface area contributed by atoms with E-state index in [4.69, 9.17) is 14.2 Å². The highest BCUT2D eigenvalue weighted by atomic mass is 16.5. The number of hydrogen-bond donors (Lipinski definition) is 0. The van der Waals surface area contributed by atoms with E-state index in [0.29, 0.717) is 23.6 Å². The average molecular weight is 518 g/mol. The fourth-order valence-electron chi connectivity index (χ4n) is 4.53. The number of likely N-dealkylation sites (tertiary alicyclic amines) is 1. The van der Waals surface area contributed by atoms with Crippen LogP contribution in [-0.4, -0.2) is 61.2 Å². The Morgan fingerprint density at radius 3 is 2.42 bits per heavy atom. The first-order chi connectivity index (χ1) is 18.3. The first kappa shape index (κ1) is 27.1. The number of benzene rings is 2. The van der Waals surface area contributed by atoms with Gasteiger partial charge >= 0.3 is 11.9 Å². The van der Waals surface area contributed by atoms with Crippen LogP contribution >= 0.6 is 0 Å². The van der Waals surface area contributed by atoms with Gasteiger partial charge in [-0.2, -0.15) is 0 Å². The smallest absolute Gasteiger partial charge is 0.342 e. The molecule has 0 N–H and O–H groups in total. The zero-order valence-electron chi connectivity index (χ0n) is 22.4. The molecule has 0 spiro atoms. The van der Waals surface area contributed by atoms with Gasteiger partial charge in [-0.3, -0.25) is 4.90 Å². The van der Waals surface area contributed by atoms with E-state index in [1.165, 1.54) is 12.7 Å². The Labute approximate surface area is 224 Å². The highest BCUT2D eigenvalue weighted by Gasteiger charge is 2.29. The molecule has 1 atom stereocenters. The predicted octanol–water partition coefficient (Wildman–Crippen LogP) is 4.72. The van der Waals surface area contributed by atoms with Gasteiger partial charge in [-0.25, -0.2) is 14.6 Å². The third kappa shape index (κ3) is 6.89. The minimum Gasteiger partial charge on any atom is -0.489 e. The van der Waals surface area contributed by atoms with Crippen molar-refractivity contribution in [2.75, 3.05) is 32.1 Å². The van der Waals surface area contributed by atoms with Gasteiger partial charge in [0.1, 0.15) is 23.7 Å². The predicted molar refractivity (Wildman–Crippen MR) is 145 cm³/mol. The van der Waals surface area contributed by atoms with Crippen molar-refractivity contribution in [2.24, 2.45) is 0 Å². The van der Waals surface area contributed by atoms with Gasteiger partial charge in [0.05, 0.1) is 18.8 Å². The van der Waals surface area contributed by atoms with Crippen LogP contribution < -0.4 is 9.64 Å². The molecule has 0 saturated carbocycles. The summed E-state index contributed by atoms with van der Waals surface area (Å²) in [6, 6.07) is 19.1. The Kier molecular flexibility index (Phi) is 8.97. The van der Waals surface area contributed by atoms with E-state index >= 15 is 0 Å². The van der Waals surface area contributed by atoms with Crippen LogP contribution in [0.2, 0.25) is 0 Å². The van der Waals surface area contributed by atoms with E-state index in [9.17, 15) is 9.59 Å². The van der Waals surface area contributed by atoms with Crippen LogP contribution in [0.25, 0.3) is 0 Å². The number of ether oxygens (including phenoxy) is 3. The summed E-state index contributed by atoms with van der Waals surface area (Å²) in [5.74, 6) is 0.759. The van der Waals surface area contributed by atoms with Crippen LogP contribution in [0.5, 0.6) is 5.75 Å². The van der Waals surface area contributed by atoms with Gasteiger partial charge in [-0.15, -0.1) is 0 Å². The van der Waals surface area contributed by atoms with Gasteiger partial charge < -0.3 is 19.1 Å². The molecule has 8 heteroatoms. The number of hydrogen-bond acceptors (Lipinski definition) is 8. The van der Waals surface area contributed by atoms with Crippen molar-refractivity contribution in [1.29, 1.82) is 0 Å². The number of aromatic nitrogens is 1. The van der Waals surface area contributed by atoms with Gasteiger partial charge in [0, 0.05) is 38.9 Å². The first-order valence-corrected chi connectivity index (χ1v) is 12.8. The SMILES string of the molecule is COC(=O)c1ccc(COc2ccc(CN3CCC(N(C)c4ncccc4C(=O)OC(C)C)C3)cc2)cc1. The lowest BCUT2D eigenvalue weighted by Gasteiger charge is -2.27. The number of esters is 2. The third-order valence-corrected chi connectivity index (χ3v) is 6.59. The van der Waals surface area contributed by atoms with Crippen LogP contribution in [0.3, 0.4) is 0 Å². The highest BCUT2D eigenvalue weighted by molar-refractivity contribution is 5.95. The quantitative estimate of drug-likeness (QED) is 0.357. The Bertz CT molecular complexity index is 1230. The topological polar surface area (TPSA) is 81.2 Å². The van der Waals surface area contributed by atoms with Crippen molar-refractivity contribution in [1.82, 2.24) is 9.88 Å². The summed E-state index contributed by atoms with van der Waals surface area (Å²) < 4.78 is 16.1. The Balaban J connectivity index is 1.29. The molecular weight excluding hydrogens is 482 g/mol. The van der Waals surface area contributed by atoms with Crippen LogP contribution in [0.15, 0.2) is 66.9 Å². The van der Waals surface area contributed by atoms with E-state index in [0.717, 1.165) is 37.4 Å². The summed E-state index contributed by atoms with van der Waals surface area (Å²) in [5.41, 5.74) is 3.20. The summed E-state index contributed by atoms with van der Waals surface area (Å²) in [4.78, 5) is 33.2. The lowest BCUT2D eigenvalue weighted by Crippen LogP contribution is -2.36. The maximum Gasteiger partial charge on any atom is 0.342 e. The molecule has 2 aromatic carbocycles. The third-order valence-electron chi connectivity index (χ3n) is 6.59. The molecule has 0 amide bonds. The van der Waals surface area contributed by atoms with Gasteiger partial charge in [-0.05, 0) is 67.8 Å². The van der Waals surface area contributed by atoms with E-state index in [1.807, 2.05) is 45.2 Å². The molecule has 1 aliphatic rings. The van der Waals surface area contributed by atoms with Gasteiger partial charge in [0.2, 0.25) is 0 Å². The molecule has 0 aliphatic carbocycles. The summed E-state index contributed by atoms with van der Waals surface area (Å²) in [7, 11) is 3.37. The second-order valence-corrected chi connectivity index (χ2v) is 9.74. The fraction of sp³-hybridized carbons (Fsp3) is 0.367. The number of methoxy groups -OCH3 is 1. The Hall–Kier alpha value is -3.91. The van der Waals surface area contributed by atoms with E-state index in [-0.39, 0.29) is 24.1 Å². The lowest BCUT2D eigenvalue weighted by molar-refractivity contribution is 0.0377. The zero-order valence-corrected chi connectivity index (χ0v) is 22.4. The van der Waals surface area contributed by atoms with Crippen molar-refractivity contribution in [3.63, 3.8) is 0 Å². The molecule has 0 radical (unpaired) electrons. The summed E-state index contributed by atoms with van der Waals surface area (Å²) >= 11 is 0. The van der Waals surface area contributed by atoms with Gasteiger partial charge in [0.15, 0.2) is 0 Å².